The van der Waals surface area contributed by atoms with Crippen molar-refractivity contribution in [3.8, 4) is 0 Å². The summed E-state index contributed by atoms with van der Waals surface area (Å²) in [5, 5.41) is 7.69. The molecule has 1 saturated heterocycles. The van der Waals surface area contributed by atoms with Gasteiger partial charge >= 0.3 is 0 Å². The number of aryl methyl sites for hydroxylation is 1. The second kappa shape index (κ2) is 7.62. The number of piperidine rings is 1. The number of rotatable bonds is 7. The van der Waals surface area contributed by atoms with Gasteiger partial charge in [-0.2, -0.15) is 5.10 Å². The van der Waals surface area contributed by atoms with Gasteiger partial charge in [0.05, 0.1) is 12.8 Å². The standard InChI is InChI=1S/C14H26N4O/c1-17-11-14(10-16-17)12-18-6-3-13(4-7-18)9-15-5-8-19-2/h10-11,13,15H,3-9,12H2,1-2H3. The average molecular weight is 266 g/mol. The zero-order valence-electron chi connectivity index (χ0n) is 12.1. The molecule has 0 spiro atoms. The molecule has 0 radical (unpaired) electrons. The van der Waals surface area contributed by atoms with E-state index in [0.717, 1.165) is 32.2 Å². The zero-order valence-corrected chi connectivity index (χ0v) is 12.1. The minimum absolute atomic E-state index is 0.805. The second-order valence-corrected chi connectivity index (χ2v) is 5.44. The van der Waals surface area contributed by atoms with Crippen LogP contribution < -0.4 is 5.32 Å². The van der Waals surface area contributed by atoms with E-state index >= 15 is 0 Å². The number of hydrogen-bond donors (Lipinski definition) is 1. The third-order valence-corrected chi connectivity index (χ3v) is 3.79. The summed E-state index contributed by atoms with van der Waals surface area (Å²) >= 11 is 0. The maximum atomic E-state index is 5.04. The van der Waals surface area contributed by atoms with Crippen LogP contribution in [0.25, 0.3) is 0 Å². The number of nitrogens with one attached hydrogen (secondary N) is 1. The molecule has 2 rings (SSSR count). The summed E-state index contributed by atoms with van der Waals surface area (Å²) in [5.41, 5.74) is 1.32. The highest BCUT2D eigenvalue weighted by atomic mass is 16.5. The van der Waals surface area contributed by atoms with E-state index in [1.807, 2.05) is 17.9 Å². The van der Waals surface area contributed by atoms with Gasteiger partial charge in [-0.25, -0.2) is 0 Å². The molecular formula is C14H26N4O. The van der Waals surface area contributed by atoms with E-state index in [1.54, 1.807) is 7.11 Å². The maximum absolute atomic E-state index is 5.04. The van der Waals surface area contributed by atoms with Crippen molar-refractivity contribution >= 4 is 0 Å². The summed E-state index contributed by atoms with van der Waals surface area (Å²) in [6.45, 7) is 6.34. The fraction of sp³-hybridized carbons (Fsp3) is 0.786. The fourth-order valence-electron chi connectivity index (χ4n) is 2.64. The van der Waals surface area contributed by atoms with Crippen LogP contribution >= 0.6 is 0 Å². The first-order valence-electron chi connectivity index (χ1n) is 7.17. The summed E-state index contributed by atoms with van der Waals surface area (Å²) in [6.07, 6.45) is 6.66. The van der Waals surface area contributed by atoms with Crippen LogP contribution in [0.1, 0.15) is 18.4 Å². The largest absolute Gasteiger partial charge is 0.383 e. The lowest BCUT2D eigenvalue weighted by atomic mass is 9.96. The lowest BCUT2D eigenvalue weighted by molar-refractivity contribution is 0.168. The van der Waals surface area contributed by atoms with Crippen LogP contribution in [0.3, 0.4) is 0 Å². The Labute approximate surface area is 115 Å². The number of nitrogens with zero attached hydrogens (tertiary/aromatic N) is 3. The number of aromatic nitrogens is 2. The van der Waals surface area contributed by atoms with E-state index in [1.165, 1.54) is 31.5 Å². The summed E-state index contributed by atoms with van der Waals surface area (Å²) in [7, 11) is 3.72. The molecule has 5 heteroatoms. The van der Waals surface area contributed by atoms with Crippen molar-refractivity contribution in [2.24, 2.45) is 13.0 Å². The third kappa shape index (κ3) is 4.93. The first-order valence-corrected chi connectivity index (χ1v) is 7.17. The Morgan fingerprint density at radius 1 is 1.42 bits per heavy atom. The molecule has 1 aromatic heterocycles. The van der Waals surface area contributed by atoms with Gasteiger partial charge in [-0.15, -0.1) is 0 Å². The zero-order chi connectivity index (χ0) is 13.5. The molecule has 0 amide bonds. The maximum Gasteiger partial charge on any atom is 0.0587 e. The fourth-order valence-corrected chi connectivity index (χ4v) is 2.64. The highest BCUT2D eigenvalue weighted by Crippen LogP contribution is 2.18. The Kier molecular flexibility index (Phi) is 5.82. The molecule has 1 aliphatic heterocycles. The third-order valence-electron chi connectivity index (χ3n) is 3.79. The van der Waals surface area contributed by atoms with E-state index in [9.17, 15) is 0 Å². The van der Waals surface area contributed by atoms with Gasteiger partial charge in [0.2, 0.25) is 0 Å². The van der Waals surface area contributed by atoms with Crippen molar-refractivity contribution in [1.29, 1.82) is 0 Å². The van der Waals surface area contributed by atoms with Gasteiger partial charge < -0.3 is 10.1 Å². The van der Waals surface area contributed by atoms with Crippen LogP contribution in [0.5, 0.6) is 0 Å². The summed E-state index contributed by atoms with van der Waals surface area (Å²) in [5.74, 6) is 0.821. The van der Waals surface area contributed by atoms with Crippen molar-refractivity contribution in [1.82, 2.24) is 20.0 Å². The SMILES string of the molecule is COCCNCC1CCN(Cc2cnn(C)c2)CC1. The van der Waals surface area contributed by atoms with Crippen molar-refractivity contribution < 1.29 is 4.74 Å². The van der Waals surface area contributed by atoms with Crippen LogP contribution in [0.4, 0.5) is 0 Å². The van der Waals surface area contributed by atoms with Gasteiger partial charge in [0.15, 0.2) is 0 Å². The molecule has 0 unspecified atom stereocenters. The second-order valence-electron chi connectivity index (χ2n) is 5.44. The topological polar surface area (TPSA) is 42.3 Å². The van der Waals surface area contributed by atoms with Crippen LogP contribution in [0.15, 0.2) is 12.4 Å². The van der Waals surface area contributed by atoms with Crippen LogP contribution in [0, 0.1) is 5.92 Å². The predicted octanol–water partition coefficient (Wildman–Crippen LogP) is 0.868. The quantitative estimate of drug-likeness (QED) is 0.744. The van der Waals surface area contributed by atoms with E-state index < -0.39 is 0 Å². The Morgan fingerprint density at radius 3 is 2.84 bits per heavy atom. The lowest BCUT2D eigenvalue weighted by Crippen LogP contribution is -2.37. The van der Waals surface area contributed by atoms with Gasteiger partial charge in [0, 0.05) is 39.0 Å². The Hall–Kier alpha value is -0.910. The van der Waals surface area contributed by atoms with Crippen molar-refractivity contribution in [3.05, 3.63) is 18.0 Å². The number of hydrogen-bond acceptors (Lipinski definition) is 4. The van der Waals surface area contributed by atoms with Gasteiger partial charge in [0.25, 0.3) is 0 Å². The number of likely N-dealkylation sites (tertiary alicyclic amines) is 1. The molecular weight excluding hydrogens is 240 g/mol. The highest BCUT2D eigenvalue weighted by molar-refractivity contribution is 5.03. The van der Waals surface area contributed by atoms with E-state index in [0.29, 0.717) is 0 Å². The van der Waals surface area contributed by atoms with E-state index in [-0.39, 0.29) is 0 Å². The summed E-state index contributed by atoms with van der Waals surface area (Å²) < 4.78 is 6.91. The Balaban J connectivity index is 1.62. The van der Waals surface area contributed by atoms with Crippen LogP contribution in [0.2, 0.25) is 0 Å². The molecule has 2 heterocycles. The lowest BCUT2D eigenvalue weighted by Gasteiger charge is -2.31. The molecule has 1 aliphatic rings. The smallest absolute Gasteiger partial charge is 0.0587 e. The molecule has 0 bridgehead atoms. The molecule has 1 aromatic rings. The minimum atomic E-state index is 0.805. The monoisotopic (exact) mass is 266 g/mol. The van der Waals surface area contributed by atoms with Gasteiger partial charge in [-0.05, 0) is 38.4 Å². The average Bonchev–Trinajstić information content (AvgIpc) is 2.82. The molecule has 1 N–H and O–H groups in total. The number of ether oxygens (including phenoxy) is 1. The normalized spacial score (nSPS) is 18.0. The molecule has 0 saturated carbocycles. The molecule has 0 aliphatic carbocycles. The Morgan fingerprint density at radius 2 is 2.21 bits per heavy atom. The molecule has 0 atom stereocenters. The minimum Gasteiger partial charge on any atom is -0.383 e. The number of methoxy groups -OCH3 is 1. The first kappa shape index (κ1) is 14.5. The van der Waals surface area contributed by atoms with Crippen molar-refractivity contribution in [3.63, 3.8) is 0 Å². The van der Waals surface area contributed by atoms with Crippen molar-refractivity contribution in [2.75, 3.05) is 39.9 Å². The molecule has 0 aromatic carbocycles. The van der Waals surface area contributed by atoms with Gasteiger partial charge in [0.1, 0.15) is 0 Å². The summed E-state index contributed by atoms with van der Waals surface area (Å²) in [6, 6.07) is 0. The molecule has 108 valence electrons. The Bertz CT molecular complexity index is 358. The molecule has 5 nitrogen and oxygen atoms in total. The van der Waals surface area contributed by atoms with Gasteiger partial charge in [-0.3, -0.25) is 9.58 Å². The molecule has 1 fully saturated rings. The van der Waals surface area contributed by atoms with E-state index in [2.05, 4.69) is 21.5 Å². The van der Waals surface area contributed by atoms with E-state index in [4.69, 9.17) is 4.74 Å². The predicted molar refractivity (Wildman–Crippen MR) is 76.0 cm³/mol. The van der Waals surface area contributed by atoms with Crippen LogP contribution in [-0.4, -0.2) is 54.6 Å². The summed E-state index contributed by atoms with van der Waals surface area (Å²) in [4.78, 5) is 2.53. The highest BCUT2D eigenvalue weighted by Gasteiger charge is 2.19. The van der Waals surface area contributed by atoms with Crippen LogP contribution in [-0.2, 0) is 18.3 Å². The van der Waals surface area contributed by atoms with Crippen molar-refractivity contribution in [2.45, 2.75) is 19.4 Å². The van der Waals surface area contributed by atoms with Gasteiger partial charge in [-0.1, -0.05) is 0 Å². The molecule has 19 heavy (non-hydrogen) atoms. The first-order chi connectivity index (χ1) is 9.28.